The lowest BCUT2D eigenvalue weighted by Crippen LogP contribution is -2.11. The molecule has 2 aromatic rings. The molecule has 0 aliphatic rings. The predicted octanol–water partition coefficient (Wildman–Crippen LogP) is 3.39. The van der Waals surface area contributed by atoms with Crippen molar-refractivity contribution >= 4 is 17.2 Å². The highest BCUT2D eigenvalue weighted by Gasteiger charge is 2.13. The second-order valence-electron chi connectivity index (χ2n) is 5.28. The van der Waals surface area contributed by atoms with Crippen molar-refractivity contribution in [2.24, 2.45) is 5.73 Å². The Labute approximate surface area is 111 Å². The first kappa shape index (κ1) is 12.8. The fraction of sp³-hybridized carbons (Fsp3) is 0.286. The van der Waals surface area contributed by atoms with E-state index in [9.17, 15) is 0 Å². The molecule has 0 atom stereocenters. The van der Waals surface area contributed by atoms with Crippen molar-refractivity contribution in [1.29, 1.82) is 5.41 Å². The van der Waals surface area contributed by atoms with Crippen molar-refractivity contribution in [2.75, 3.05) is 0 Å². The largest absolute Gasteiger partial charge is 0.382 e. The minimum Gasteiger partial charge on any atom is -0.382 e. The minimum atomic E-state index is 0.0174. The van der Waals surface area contributed by atoms with Gasteiger partial charge >= 0.3 is 0 Å². The number of nitrogens with two attached hydrogens (primary N) is 1. The van der Waals surface area contributed by atoms with Crippen LogP contribution in [0.25, 0.3) is 10.6 Å². The third kappa shape index (κ3) is 2.59. The van der Waals surface area contributed by atoms with E-state index < -0.39 is 0 Å². The molecule has 3 N–H and O–H groups in total. The molecule has 0 saturated carbocycles. The SMILES string of the molecule is CC(C)(C)c1ccc(-c2nc(C(=N)N)cs2)cc1. The maximum absolute atomic E-state index is 7.35. The number of nitrogens with zero attached hydrogens (tertiary/aromatic N) is 1. The molecular formula is C14H17N3S. The van der Waals surface area contributed by atoms with Crippen LogP contribution >= 0.6 is 11.3 Å². The fourth-order valence-electron chi connectivity index (χ4n) is 1.64. The van der Waals surface area contributed by atoms with Crippen LogP contribution in [0.5, 0.6) is 0 Å². The van der Waals surface area contributed by atoms with Crippen molar-refractivity contribution in [1.82, 2.24) is 4.98 Å². The molecule has 0 unspecified atom stereocenters. The van der Waals surface area contributed by atoms with E-state index in [4.69, 9.17) is 11.1 Å². The number of nitrogen functional groups attached to an aromatic ring is 1. The number of nitrogens with one attached hydrogen (secondary N) is 1. The standard InChI is InChI=1S/C14H17N3S/c1-14(2,3)10-6-4-9(5-7-10)13-17-11(8-18-13)12(15)16/h4-8H,1-3H3,(H3,15,16). The second-order valence-corrected chi connectivity index (χ2v) is 6.14. The summed E-state index contributed by atoms with van der Waals surface area (Å²) >= 11 is 1.51. The van der Waals surface area contributed by atoms with Gasteiger partial charge in [-0.15, -0.1) is 11.3 Å². The molecule has 2 rings (SSSR count). The predicted molar refractivity (Wildman–Crippen MR) is 77.3 cm³/mol. The Balaban J connectivity index is 2.31. The molecule has 1 aromatic heterocycles. The summed E-state index contributed by atoms with van der Waals surface area (Å²) in [6, 6.07) is 8.40. The molecule has 0 amide bonds. The molecule has 0 bridgehead atoms. The maximum atomic E-state index is 7.35. The molecule has 0 radical (unpaired) electrons. The van der Waals surface area contributed by atoms with Gasteiger partial charge in [-0.3, -0.25) is 5.41 Å². The summed E-state index contributed by atoms with van der Waals surface area (Å²) in [5.74, 6) is 0.0174. The number of hydrogen-bond acceptors (Lipinski definition) is 3. The fourth-order valence-corrected chi connectivity index (χ4v) is 2.47. The summed E-state index contributed by atoms with van der Waals surface area (Å²) in [6.07, 6.45) is 0. The zero-order chi connectivity index (χ0) is 13.3. The molecule has 0 aliphatic carbocycles. The van der Waals surface area contributed by atoms with Gasteiger partial charge in [-0.1, -0.05) is 45.0 Å². The van der Waals surface area contributed by atoms with E-state index >= 15 is 0 Å². The zero-order valence-electron chi connectivity index (χ0n) is 10.8. The Kier molecular flexibility index (Phi) is 3.22. The molecule has 18 heavy (non-hydrogen) atoms. The number of hydrogen-bond donors (Lipinski definition) is 2. The van der Waals surface area contributed by atoms with Gasteiger partial charge in [0.05, 0.1) is 0 Å². The second kappa shape index (κ2) is 4.53. The van der Waals surface area contributed by atoms with Crippen LogP contribution in [-0.4, -0.2) is 10.8 Å². The average Bonchev–Trinajstić information content (AvgIpc) is 2.77. The quantitative estimate of drug-likeness (QED) is 0.641. The first-order chi connectivity index (χ1) is 8.38. The molecule has 1 heterocycles. The van der Waals surface area contributed by atoms with E-state index in [1.54, 1.807) is 0 Å². The highest BCUT2D eigenvalue weighted by Crippen LogP contribution is 2.27. The Morgan fingerprint density at radius 3 is 2.28 bits per heavy atom. The highest BCUT2D eigenvalue weighted by atomic mass is 32.1. The van der Waals surface area contributed by atoms with Gasteiger partial charge in [0.2, 0.25) is 0 Å². The number of benzene rings is 1. The van der Waals surface area contributed by atoms with Crippen LogP contribution in [0.3, 0.4) is 0 Å². The van der Waals surface area contributed by atoms with Crippen LogP contribution in [0.4, 0.5) is 0 Å². The lowest BCUT2D eigenvalue weighted by Gasteiger charge is -2.18. The normalized spacial score (nSPS) is 11.5. The smallest absolute Gasteiger partial charge is 0.142 e. The van der Waals surface area contributed by atoms with Crippen molar-refractivity contribution in [2.45, 2.75) is 26.2 Å². The number of rotatable bonds is 2. The van der Waals surface area contributed by atoms with Gasteiger partial charge < -0.3 is 5.73 Å². The van der Waals surface area contributed by atoms with Crippen molar-refractivity contribution < 1.29 is 0 Å². The Bertz CT molecular complexity index is 561. The Morgan fingerprint density at radius 1 is 1.22 bits per heavy atom. The van der Waals surface area contributed by atoms with Crippen LogP contribution in [0.2, 0.25) is 0 Å². The van der Waals surface area contributed by atoms with Crippen LogP contribution in [0, 0.1) is 5.41 Å². The van der Waals surface area contributed by atoms with E-state index in [1.165, 1.54) is 16.9 Å². The van der Waals surface area contributed by atoms with Crippen molar-refractivity contribution in [3.63, 3.8) is 0 Å². The molecule has 0 saturated heterocycles. The summed E-state index contributed by atoms with van der Waals surface area (Å²) in [5.41, 5.74) is 8.49. The van der Waals surface area contributed by atoms with Crippen molar-refractivity contribution in [3.05, 3.63) is 40.9 Å². The lowest BCUT2D eigenvalue weighted by molar-refractivity contribution is 0.590. The van der Waals surface area contributed by atoms with E-state index in [0.29, 0.717) is 5.69 Å². The van der Waals surface area contributed by atoms with Crippen LogP contribution in [0.15, 0.2) is 29.6 Å². The van der Waals surface area contributed by atoms with E-state index in [2.05, 4.69) is 50.0 Å². The molecule has 3 nitrogen and oxygen atoms in total. The van der Waals surface area contributed by atoms with E-state index in [1.807, 2.05) is 5.38 Å². The molecule has 1 aromatic carbocycles. The molecule has 4 heteroatoms. The van der Waals surface area contributed by atoms with Gasteiger partial charge in [-0.05, 0) is 11.0 Å². The molecular weight excluding hydrogens is 242 g/mol. The first-order valence-electron chi connectivity index (χ1n) is 5.79. The summed E-state index contributed by atoms with van der Waals surface area (Å²) in [5, 5.41) is 10.1. The molecule has 0 fully saturated rings. The van der Waals surface area contributed by atoms with Gasteiger partial charge in [0.25, 0.3) is 0 Å². The van der Waals surface area contributed by atoms with Crippen LogP contribution in [0.1, 0.15) is 32.0 Å². The summed E-state index contributed by atoms with van der Waals surface area (Å²) in [7, 11) is 0. The monoisotopic (exact) mass is 259 g/mol. The van der Waals surface area contributed by atoms with Crippen LogP contribution in [-0.2, 0) is 5.41 Å². The molecule has 94 valence electrons. The zero-order valence-corrected chi connectivity index (χ0v) is 11.6. The topological polar surface area (TPSA) is 62.8 Å². The van der Waals surface area contributed by atoms with Crippen LogP contribution < -0.4 is 5.73 Å². The van der Waals surface area contributed by atoms with Gasteiger partial charge in [0.1, 0.15) is 16.5 Å². The van der Waals surface area contributed by atoms with Crippen molar-refractivity contribution in [3.8, 4) is 10.6 Å². The number of thiazole rings is 1. The average molecular weight is 259 g/mol. The van der Waals surface area contributed by atoms with Gasteiger partial charge in [-0.25, -0.2) is 4.98 Å². The van der Waals surface area contributed by atoms with E-state index in [-0.39, 0.29) is 11.3 Å². The highest BCUT2D eigenvalue weighted by molar-refractivity contribution is 7.13. The summed E-state index contributed by atoms with van der Waals surface area (Å²) in [6.45, 7) is 6.58. The number of amidine groups is 1. The third-order valence-electron chi connectivity index (χ3n) is 2.78. The Morgan fingerprint density at radius 2 is 1.83 bits per heavy atom. The Hall–Kier alpha value is -1.68. The van der Waals surface area contributed by atoms with Gasteiger partial charge in [0.15, 0.2) is 0 Å². The summed E-state index contributed by atoms with van der Waals surface area (Å²) in [4.78, 5) is 4.34. The summed E-state index contributed by atoms with van der Waals surface area (Å²) < 4.78 is 0. The van der Waals surface area contributed by atoms with E-state index in [0.717, 1.165) is 10.6 Å². The lowest BCUT2D eigenvalue weighted by atomic mass is 9.87. The maximum Gasteiger partial charge on any atom is 0.142 e. The first-order valence-corrected chi connectivity index (χ1v) is 6.67. The minimum absolute atomic E-state index is 0.0174. The van der Waals surface area contributed by atoms with Gasteiger partial charge in [-0.2, -0.15) is 0 Å². The number of aromatic nitrogens is 1. The third-order valence-corrected chi connectivity index (χ3v) is 3.67. The van der Waals surface area contributed by atoms with Gasteiger partial charge in [0, 0.05) is 10.9 Å². The molecule has 0 aliphatic heterocycles. The molecule has 0 spiro atoms.